The largest absolute Gasteiger partial charge is 0.310 e. The van der Waals surface area contributed by atoms with Crippen LogP contribution in [0.15, 0.2) is 149 Å². The number of rotatable bonds is 4. The Bertz CT molecular complexity index is 2140. The maximum Gasteiger partial charge on any atom is 0.0542 e. The zero-order valence-electron chi connectivity index (χ0n) is 24.6. The van der Waals surface area contributed by atoms with Crippen molar-refractivity contribution in [3.63, 3.8) is 0 Å². The number of nitrogens with zero attached hydrogens (tertiary/aromatic N) is 2. The third kappa shape index (κ3) is 4.18. The van der Waals surface area contributed by atoms with E-state index in [1.165, 1.54) is 54.0 Å². The van der Waals surface area contributed by atoms with Crippen molar-refractivity contribution in [1.29, 1.82) is 0 Å². The summed E-state index contributed by atoms with van der Waals surface area (Å²) in [6.07, 6.45) is 0. The Morgan fingerprint density at radius 1 is 0.535 bits per heavy atom. The van der Waals surface area contributed by atoms with E-state index in [1.807, 2.05) is 11.8 Å². The van der Waals surface area contributed by atoms with Crippen LogP contribution in [-0.4, -0.2) is 4.57 Å². The Morgan fingerprint density at radius 3 is 2.00 bits per heavy atom. The highest BCUT2D eigenvalue weighted by molar-refractivity contribution is 7.99. The van der Waals surface area contributed by atoms with Gasteiger partial charge in [-0.2, -0.15) is 0 Å². The zero-order chi connectivity index (χ0) is 29.1. The Labute approximate surface area is 257 Å². The normalized spacial score (nSPS) is 13.6. The van der Waals surface area contributed by atoms with Crippen LogP contribution in [0.5, 0.6) is 0 Å². The van der Waals surface area contributed by atoms with Crippen LogP contribution in [0.1, 0.15) is 30.5 Å². The minimum absolute atomic E-state index is 0.0530. The quantitative estimate of drug-likeness (QED) is 0.207. The lowest BCUT2D eigenvalue weighted by Gasteiger charge is -2.35. The predicted octanol–water partition coefficient (Wildman–Crippen LogP) is 11.4. The van der Waals surface area contributed by atoms with E-state index in [-0.39, 0.29) is 5.41 Å². The summed E-state index contributed by atoms with van der Waals surface area (Å²) in [5.74, 6) is 0. The van der Waals surface area contributed by atoms with Crippen molar-refractivity contribution in [2.45, 2.75) is 36.0 Å². The molecule has 0 radical (unpaired) electrons. The molecule has 0 bridgehead atoms. The monoisotopic (exact) mass is 572 g/mol. The number of para-hydroxylation sites is 2. The number of benzene rings is 6. The van der Waals surface area contributed by atoms with Gasteiger partial charge < -0.3 is 9.47 Å². The summed E-state index contributed by atoms with van der Waals surface area (Å²) in [4.78, 5) is 5.07. The summed E-state index contributed by atoms with van der Waals surface area (Å²) < 4.78 is 2.37. The van der Waals surface area contributed by atoms with E-state index < -0.39 is 0 Å². The van der Waals surface area contributed by atoms with E-state index in [0.717, 1.165) is 17.1 Å². The molecule has 2 heterocycles. The number of aryl methyl sites for hydroxylation is 1. The minimum Gasteiger partial charge on any atom is -0.310 e. The van der Waals surface area contributed by atoms with Gasteiger partial charge >= 0.3 is 0 Å². The molecular formula is C40H32N2S. The lowest BCUT2D eigenvalue weighted by Crippen LogP contribution is -2.24. The molecule has 0 fully saturated rings. The third-order valence-electron chi connectivity index (χ3n) is 8.90. The Balaban J connectivity index is 1.33. The number of anilines is 3. The van der Waals surface area contributed by atoms with Crippen molar-refractivity contribution >= 4 is 50.6 Å². The Morgan fingerprint density at radius 2 is 1.16 bits per heavy atom. The summed E-state index contributed by atoms with van der Waals surface area (Å²) in [7, 11) is 0. The molecule has 0 N–H and O–H groups in total. The second-order valence-corrected chi connectivity index (χ2v) is 13.0. The fourth-order valence-corrected chi connectivity index (χ4v) is 8.11. The van der Waals surface area contributed by atoms with Crippen LogP contribution in [0.3, 0.4) is 0 Å². The highest BCUT2D eigenvalue weighted by Gasteiger charge is 2.33. The van der Waals surface area contributed by atoms with Crippen LogP contribution < -0.4 is 4.90 Å². The van der Waals surface area contributed by atoms with Gasteiger partial charge in [-0.25, -0.2) is 0 Å². The van der Waals surface area contributed by atoms with E-state index in [1.54, 1.807) is 0 Å². The van der Waals surface area contributed by atoms with Crippen molar-refractivity contribution < 1.29 is 0 Å². The molecule has 43 heavy (non-hydrogen) atoms. The third-order valence-corrected chi connectivity index (χ3v) is 10.0. The van der Waals surface area contributed by atoms with Gasteiger partial charge in [0.15, 0.2) is 0 Å². The fraction of sp³-hybridized carbons (Fsp3) is 0.100. The molecule has 7 aromatic rings. The van der Waals surface area contributed by atoms with Gasteiger partial charge in [-0.1, -0.05) is 104 Å². The molecule has 0 amide bonds. The van der Waals surface area contributed by atoms with Crippen LogP contribution in [0.4, 0.5) is 17.1 Å². The second-order valence-electron chi connectivity index (χ2n) is 12.0. The highest BCUT2D eigenvalue weighted by atomic mass is 32.2. The Kier molecular flexibility index (Phi) is 5.99. The van der Waals surface area contributed by atoms with Crippen LogP contribution in [-0.2, 0) is 5.41 Å². The van der Waals surface area contributed by atoms with E-state index >= 15 is 0 Å². The molecule has 208 valence electrons. The molecule has 0 spiro atoms. The standard InChI is InChI=1S/C40H32N2S/c1-27-17-19-29(20-18-27)41(31-21-23-35-39(26-31)43-38-16-10-8-14-34(38)40(35,2)3)30-22-24-37-33(25-30)32-13-7-9-15-36(32)42(37)28-11-5-4-6-12-28/h4-26H,1-3H3. The fourth-order valence-electron chi connectivity index (χ4n) is 6.68. The molecule has 0 saturated carbocycles. The van der Waals surface area contributed by atoms with Gasteiger partial charge in [-0.05, 0) is 84.8 Å². The molecule has 3 heteroatoms. The molecular weight excluding hydrogens is 541 g/mol. The van der Waals surface area contributed by atoms with Crippen LogP contribution >= 0.6 is 11.8 Å². The van der Waals surface area contributed by atoms with E-state index in [9.17, 15) is 0 Å². The summed E-state index contributed by atoms with van der Waals surface area (Å²) in [6, 6.07) is 51.0. The number of fused-ring (bicyclic) bond motifs is 5. The molecule has 0 saturated heterocycles. The average Bonchev–Trinajstić information content (AvgIpc) is 3.36. The smallest absolute Gasteiger partial charge is 0.0542 e. The van der Waals surface area contributed by atoms with Gasteiger partial charge in [0.2, 0.25) is 0 Å². The maximum atomic E-state index is 2.40. The maximum absolute atomic E-state index is 2.40. The SMILES string of the molecule is Cc1ccc(N(c2ccc3c(c2)Sc2ccccc2C3(C)C)c2ccc3c(c2)c2ccccc2n3-c2ccccc2)cc1. The highest BCUT2D eigenvalue weighted by Crippen LogP contribution is 2.51. The molecule has 1 aliphatic rings. The summed E-state index contributed by atoms with van der Waals surface area (Å²) >= 11 is 1.88. The molecule has 0 aliphatic carbocycles. The van der Waals surface area contributed by atoms with Crippen molar-refractivity contribution in [3.05, 3.63) is 156 Å². The van der Waals surface area contributed by atoms with Crippen LogP contribution in [0, 0.1) is 6.92 Å². The van der Waals surface area contributed by atoms with Gasteiger partial charge in [0.05, 0.1) is 11.0 Å². The molecule has 0 atom stereocenters. The molecule has 0 unspecified atom stereocenters. The first-order valence-corrected chi connectivity index (χ1v) is 15.7. The summed E-state index contributed by atoms with van der Waals surface area (Å²) in [6.45, 7) is 6.84. The lowest BCUT2D eigenvalue weighted by molar-refractivity contribution is 0.607. The topological polar surface area (TPSA) is 8.17 Å². The Hall–Kier alpha value is -4.73. The van der Waals surface area contributed by atoms with Gasteiger partial charge in [-0.3, -0.25) is 0 Å². The van der Waals surface area contributed by atoms with Gasteiger partial charge in [0, 0.05) is 48.7 Å². The lowest BCUT2D eigenvalue weighted by atomic mass is 9.77. The summed E-state index contributed by atoms with van der Waals surface area (Å²) in [5, 5.41) is 2.50. The van der Waals surface area contributed by atoms with Crippen LogP contribution in [0.2, 0.25) is 0 Å². The first-order chi connectivity index (χ1) is 21.0. The number of aromatic nitrogens is 1. The first kappa shape index (κ1) is 25.9. The number of hydrogen-bond acceptors (Lipinski definition) is 2. The van der Waals surface area contributed by atoms with E-state index in [2.05, 4.69) is 170 Å². The van der Waals surface area contributed by atoms with Gasteiger partial charge in [0.1, 0.15) is 0 Å². The molecule has 6 aromatic carbocycles. The van der Waals surface area contributed by atoms with Gasteiger partial charge in [0.25, 0.3) is 0 Å². The summed E-state index contributed by atoms with van der Waals surface area (Å²) in [5.41, 5.74) is 11.0. The minimum atomic E-state index is -0.0530. The van der Waals surface area contributed by atoms with Crippen molar-refractivity contribution in [2.75, 3.05) is 4.90 Å². The van der Waals surface area contributed by atoms with E-state index in [0.29, 0.717) is 0 Å². The molecule has 8 rings (SSSR count). The molecule has 1 aromatic heterocycles. The van der Waals surface area contributed by atoms with Gasteiger partial charge in [-0.15, -0.1) is 0 Å². The molecule has 2 nitrogen and oxygen atoms in total. The predicted molar refractivity (Wildman–Crippen MR) is 183 cm³/mol. The van der Waals surface area contributed by atoms with E-state index in [4.69, 9.17) is 0 Å². The second kappa shape index (κ2) is 9.93. The van der Waals surface area contributed by atoms with Crippen molar-refractivity contribution in [1.82, 2.24) is 4.57 Å². The average molecular weight is 573 g/mol. The zero-order valence-corrected chi connectivity index (χ0v) is 25.4. The molecule has 1 aliphatic heterocycles. The first-order valence-electron chi connectivity index (χ1n) is 14.9. The van der Waals surface area contributed by atoms with Crippen molar-refractivity contribution in [3.8, 4) is 5.69 Å². The van der Waals surface area contributed by atoms with Crippen molar-refractivity contribution in [2.24, 2.45) is 0 Å². The van der Waals surface area contributed by atoms with Crippen LogP contribution in [0.25, 0.3) is 27.5 Å². The number of hydrogen-bond donors (Lipinski definition) is 0.